The van der Waals surface area contributed by atoms with Crippen LogP contribution in [0.1, 0.15) is 18.6 Å². The molecule has 0 N–H and O–H groups in total. The number of hydrogen-bond acceptors (Lipinski definition) is 1. The van der Waals surface area contributed by atoms with Crippen molar-refractivity contribution in [2.24, 2.45) is 0 Å². The summed E-state index contributed by atoms with van der Waals surface area (Å²) in [7, 11) is 0. The summed E-state index contributed by atoms with van der Waals surface area (Å²) in [5, 5.41) is 10.7. The van der Waals surface area contributed by atoms with Crippen LogP contribution in [-0.4, -0.2) is 0 Å². The van der Waals surface area contributed by atoms with E-state index in [0.717, 1.165) is 6.92 Å². The van der Waals surface area contributed by atoms with Gasteiger partial charge in [-0.25, -0.2) is 22.0 Å². The fourth-order valence-electron chi connectivity index (χ4n) is 0.979. The van der Waals surface area contributed by atoms with E-state index in [1.54, 1.807) is 0 Å². The zero-order valence-electron chi connectivity index (χ0n) is 7.88. The molecule has 0 fully saturated rings. The Balaban J connectivity index is 0.00000196. The van der Waals surface area contributed by atoms with E-state index in [4.69, 9.17) is 0 Å². The van der Waals surface area contributed by atoms with Gasteiger partial charge in [0.05, 0.1) is 0 Å². The predicted octanol–water partition coefficient (Wildman–Crippen LogP) is -1.19. The average molecular weight is 218 g/mol. The largest absolute Gasteiger partial charge is 1.00 e. The molecule has 0 aliphatic carbocycles. The molecular weight excluding hydrogens is 214 g/mol. The van der Waals surface area contributed by atoms with Gasteiger partial charge in [-0.05, 0) is 0 Å². The molecule has 0 saturated carbocycles. The molecule has 0 bridgehead atoms. The first kappa shape index (κ1) is 14.4. The smallest absolute Gasteiger partial charge is 0.849 e. The Bertz CT molecular complexity index is 351. The normalized spacial score (nSPS) is 12.2. The summed E-state index contributed by atoms with van der Waals surface area (Å²) in [5.74, 6) is -10.6. The molecule has 1 atom stereocenters. The first-order valence-electron chi connectivity index (χ1n) is 3.55. The molecule has 15 heavy (non-hydrogen) atoms. The van der Waals surface area contributed by atoms with Crippen molar-refractivity contribution in [2.45, 2.75) is 13.0 Å². The second-order valence-electron chi connectivity index (χ2n) is 2.63. The summed E-state index contributed by atoms with van der Waals surface area (Å²) in [6, 6.07) is 0. The Kier molecular flexibility index (Phi) is 4.78. The van der Waals surface area contributed by atoms with E-state index >= 15 is 0 Å². The quantitative estimate of drug-likeness (QED) is 0.251. The van der Waals surface area contributed by atoms with Crippen LogP contribution in [0.25, 0.3) is 0 Å². The van der Waals surface area contributed by atoms with Gasteiger partial charge in [0, 0.05) is 5.56 Å². The van der Waals surface area contributed by atoms with Gasteiger partial charge < -0.3 is 5.11 Å². The van der Waals surface area contributed by atoms with Gasteiger partial charge in [-0.2, -0.15) is 0 Å². The van der Waals surface area contributed by atoms with Gasteiger partial charge in [0.1, 0.15) is 0 Å². The Labute approximate surface area is 94.1 Å². The van der Waals surface area contributed by atoms with Crippen molar-refractivity contribution in [1.29, 1.82) is 0 Å². The summed E-state index contributed by atoms with van der Waals surface area (Å²) < 4.78 is 62.8. The van der Waals surface area contributed by atoms with Crippen molar-refractivity contribution < 1.29 is 45.9 Å². The third-order valence-corrected chi connectivity index (χ3v) is 1.65. The first-order valence-corrected chi connectivity index (χ1v) is 3.55. The third-order valence-electron chi connectivity index (χ3n) is 1.65. The van der Waals surface area contributed by atoms with Crippen LogP contribution in [0.5, 0.6) is 0 Å². The van der Waals surface area contributed by atoms with Gasteiger partial charge in [-0.15, -0.1) is 0 Å². The minimum Gasteiger partial charge on any atom is -0.849 e. The van der Waals surface area contributed by atoms with E-state index in [0.29, 0.717) is 0 Å². The second kappa shape index (κ2) is 4.97. The fraction of sp³-hybridized carbons (Fsp3) is 0.250. The Morgan fingerprint density at radius 3 is 1.33 bits per heavy atom. The van der Waals surface area contributed by atoms with Crippen molar-refractivity contribution in [3.05, 3.63) is 34.6 Å². The zero-order valence-corrected chi connectivity index (χ0v) is 7.88. The summed E-state index contributed by atoms with van der Waals surface area (Å²) in [6.07, 6.45) is -2.01. The van der Waals surface area contributed by atoms with Gasteiger partial charge in [-0.3, -0.25) is 0 Å². The number of hydrogen-bond donors (Lipinski definition) is 0. The van der Waals surface area contributed by atoms with Gasteiger partial charge >= 0.3 is 18.9 Å². The SMILES string of the molecule is CC([O-])c1c(F)c(F)c(F)c(F)c1F.[Li+]. The summed E-state index contributed by atoms with van der Waals surface area (Å²) >= 11 is 0. The first-order chi connectivity index (χ1) is 6.37. The molecule has 7 heteroatoms. The Morgan fingerprint density at radius 1 is 0.800 bits per heavy atom. The van der Waals surface area contributed by atoms with Crippen LogP contribution in [0, 0.1) is 29.1 Å². The molecule has 1 aromatic carbocycles. The summed E-state index contributed by atoms with van der Waals surface area (Å²) in [5.41, 5.74) is -1.33. The molecule has 0 amide bonds. The standard InChI is InChI=1S/C8H4F5O.Li/c1-2(14)3-4(9)6(11)8(13)7(12)5(3)10;/h2H,1H3;/q-1;+1. The number of rotatable bonds is 1. The van der Waals surface area contributed by atoms with Crippen LogP contribution >= 0.6 is 0 Å². The van der Waals surface area contributed by atoms with Crippen molar-refractivity contribution in [1.82, 2.24) is 0 Å². The monoisotopic (exact) mass is 218 g/mol. The van der Waals surface area contributed by atoms with E-state index in [9.17, 15) is 27.1 Å². The molecule has 0 aliphatic rings. The molecule has 78 valence electrons. The zero-order chi connectivity index (χ0) is 11.0. The molecular formula is C8H4F5LiO. The Morgan fingerprint density at radius 2 is 1.07 bits per heavy atom. The van der Waals surface area contributed by atoms with Gasteiger partial charge in [0.2, 0.25) is 5.82 Å². The fourth-order valence-corrected chi connectivity index (χ4v) is 0.979. The van der Waals surface area contributed by atoms with Crippen LogP contribution in [0.15, 0.2) is 0 Å². The molecule has 0 aromatic heterocycles. The van der Waals surface area contributed by atoms with Crippen LogP contribution < -0.4 is 24.0 Å². The van der Waals surface area contributed by atoms with Crippen LogP contribution in [0.4, 0.5) is 22.0 Å². The van der Waals surface area contributed by atoms with E-state index < -0.39 is 40.8 Å². The molecule has 0 radical (unpaired) electrons. The maximum atomic E-state index is 12.7. The van der Waals surface area contributed by atoms with E-state index in [1.165, 1.54) is 0 Å². The van der Waals surface area contributed by atoms with Gasteiger partial charge in [0.15, 0.2) is 23.3 Å². The molecule has 1 nitrogen and oxygen atoms in total. The Hall–Kier alpha value is -0.573. The molecule has 0 spiro atoms. The summed E-state index contributed by atoms with van der Waals surface area (Å²) in [4.78, 5) is 0. The van der Waals surface area contributed by atoms with Crippen molar-refractivity contribution >= 4 is 0 Å². The topological polar surface area (TPSA) is 23.1 Å². The van der Waals surface area contributed by atoms with Crippen LogP contribution in [-0.2, 0) is 0 Å². The minimum atomic E-state index is -2.26. The van der Waals surface area contributed by atoms with E-state index in [-0.39, 0.29) is 18.9 Å². The van der Waals surface area contributed by atoms with Crippen molar-refractivity contribution in [3.63, 3.8) is 0 Å². The van der Waals surface area contributed by atoms with Gasteiger partial charge in [0.25, 0.3) is 0 Å². The number of halogens is 5. The second-order valence-corrected chi connectivity index (χ2v) is 2.63. The number of benzene rings is 1. The molecule has 1 unspecified atom stereocenters. The molecule has 0 aliphatic heterocycles. The van der Waals surface area contributed by atoms with Crippen molar-refractivity contribution in [2.75, 3.05) is 0 Å². The van der Waals surface area contributed by atoms with Crippen molar-refractivity contribution in [3.8, 4) is 0 Å². The summed E-state index contributed by atoms with van der Waals surface area (Å²) in [6.45, 7) is 0.790. The van der Waals surface area contributed by atoms with Gasteiger partial charge in [-0.1, -0.05) is 13.0 Å². The molecule has 1 aromatic rings. The molecule has 0 saturated heterocycles. The van der Waals surface area contributed by atoms with E-state index in [2.05, 4.69) is 0 Å². The molecule has 1 rings (SSSR count). The third kappa shape index (κ3) is 2.33. The molecule has 0 heterocycles. The average Bonchev–Trinajstić information content (AvgIpc) is 2.11. The van der Waals surface area contributed by atoms with Crippen LogP contribution in [0.2, 0.25) is 0 Å². The minimum absolute atomic E-state index is 0. The van der Waals surface area contributed by atoms with E-state index in [1.807, 2.05) is 0 Å². The maximum Gasteiger partial charge on any atom is 1.00 e. The van der Waals surface area contributed by atoms with Crippen LogP contribution in [0.3, 0.4) is 0 Å². The predicted molar refractivity (Wildman–Crippen MR) is 34.6 cm³/mol. The maximum absolute atomic E-state index is 12.7.